The van der Waals surface area contributed by atoms with Crippen LogP contribution in [0.1, 0.15) is 32.6 Å². The molecule has 0 aliphatic carbocycles. The van der Waals surface area contributed by atoms with Crippen LogP contribution in [0.2, 0.25) is 0 Å². The van der Waals surface area contributed by atoms with Crippen molar-refractivity contribution in [3.05, 3.63) is 24.3 Å². The van der Waals surface area contributed by atoms with Crippen molar-refractivity contribution in [2.75, 3.05) is 50.0 Å². The minimum Gasteiger partial charge on any atom is -0.396 e. The van der Waals surface area contributed by atoms with Crippen LogP contribution in [0.15, 0.2) is 29.2 Å². The molecule has 1 fully saturated rings. The number of halogens is 1. The van der Waals surface area contributed by atoms with E-state index in [1.54, 1.807) is 6.07 Å². The summed E-state index contributed by atoms with van der Waals surface area (Å²) >= 11 is 0. The Hall–Kier alpha value is -0.820. The lowest BCUT2D eigenvalue weighted by atomic mass is 10.2. The molecule has 0 atom stereocenters. The maximum atomic E-state index is 12.2. The summed E-state index contributed by atoms with van der Waals surface area (Å²) in [5.74, 6) is 0.206. The third-order valence-electron chi connectivity index (χ3n) is 4.52. The molecule has 0 saturated carbocycles. The number of piperazine rings is 1. The molecule has 0 amide bonds. The van der Waals surface area contributed by atoms with E-state index in [2.05, 4.69) is 9.80 Å². The van der Waals surface area contributed by atoms with Gasteiger partial charge in [-0.25, -0.2) is 8.42 Å². The number of hydrogen-bond acceptors (Lipinski definition) is 5. The highest BCUT2D eigenvalue weighted by Gasteiger charge is 2.19. The molecule has 0 aromatic heterocycles. The molecular weight excluding hydrogens is 360 g/mol. The molecule has 0 unspecified atom stereocenters. The van der Waals surface area contributed by atoms with Gasteiger partial charge in [-0.05, 0) is 50.4 Å². The van der Waals surface area contributed by atoms with Crippen molar-refractivity contribution in [2.24, 2.45) is 0 Å². The van der Waals surface area contributed by atoms with Gasteiger partial charge in [-0.3, -0.25) is 4.90 Å². The highest BCUT2D eigenvalue weighted by atomic mass is 35.5. The summed E-state index contributed by atoms with van der Waals surface area (Å²) in [5, 5.41) is 8.81. The summed E-state index contributed by atoms with van der Waals surface area (Å²) in [6.45, 7) is 7.12. The molecule has 0 bridgehead atoms. The lowest BCUT2D eigenvalue weighted by molar-refractivity contribution is 0.242. The molecule has 144 valence electrons. The molecule has 1 aromatic carbocycles. The Balaban J connectivity index is 0.00000312. The fraction of sp³-hybridized carbons (Fsp3) is 0.667. The zero-order valence-corrected chi connectivity index (χ0v) is 16.7. The average Bonchev–Trinajstić information content (AvgIpc) is 2.59. The van der Waals surface area contributed by atoms with E-state index in [1.807, 2.05) is 25.1 Å². The zero-order chi connectivity index (χ0) is 17.4. The maximum Gasteiger partial charge on any atom is 0.178 e. The molecule has 1 heterocycles. The Morgan fingerprint density at radius 2 is 1.80 bits per heavy atom. The molecule has 1 saturated heterocycles. The number of sulfone groups is 1. The first-order valence-corrected chi connectivity index (χ1v) is 10.6. The second kappa shape index (κ2) is 11.0. The van der Waals surface area contributed by atoms with Crippen LogP contribution in [-0.4, -0.2) is 63.5 Å². The van der Waals surface area contributed by atoms with Gasteiger partial charge in [0, 0.05) is 38.5 Å². The standard InChI is InChI=1S/C18H30N2O3S.ClH/c1-2-15-24(22,23)18-8-6-7-17(16-18)20-12-10-19(11-13-20)9-4-3-5-14-21;/h6-8,16,21H,2-5,9-15H2,1H3;1H. The first-order valence-electron chi connectivity index (χ1n) is 8.98. The van der Waals surface area contributed by atoms with Crippen molar-refractivity contribution in [3.63, 3.8) is 0 Å². The van der Waals surface area contributed by atoms with E-state index < -0.39 is 9.84 Å². The molecule has 0 radical (unpaired) electrons. The Labute approximate surface area is 158 Å². The summed E-state index contributed by atoms with van der Waals surface area (Å²) < 4.78 is 24.5. The SMILES string of the molecule is CCCS(=O)(=O)c1cccc(N2CCN(CCCCCO)CC2)c1.Cl. The lowest BCUT2D eigenvalue weighted by Gasteiger charge is -2.36. The summed E-state index contributed by atoms with van der Waals surface area (Å²) in [6, 6.07) is 7.37. The number of aliphatic hydroxyl groups is 1. The molecular formula is C18H31ClN2O3S. The van der Waals surface area contributed by atoms with E-state index in [4.69, 9.17) is 5.11 Å². The third-order valence-corrected chi connectivity index (χ3v) is 6.44. The minimum atomic E-state index is -3.16. The van der Waals surface area contributed by atoms with Crippen molar-refractivity contribution in [1.29, 1.82) is 0 Å². The van der Waals surface area contributed by atoms with Crippen molar-refractivity contribution in [2.45, 2.75) is 37.5 Å². The van der Waals surface area contributed by atoms with Crippen molar-refractivity contribution >= 4 is 27.9 Å². The van der Waals surface area contributed by atoms with Crippen LogP contribution in [0.4, 0.5) is 5.69 Å². The quantitative estimate of drug-likeness (QED) is 0.656. The molecule has 25 heavy (non-hydrogen) atoms. The van der Waals surface area contributed by atoms with E-state index in [1.165, 1.54) is 0 Å². The summed E-state index contributed by atoms with van der Waals surface area (Å²) in [6.07, 6.45) is 3.74. The molecule has 1 aliphatic heterocycles. The Kier molecular flexibility index (Phi) is 9.79. The average molecular weight is 391 g/mol. The van der Waals surface area contributed by atoms with E-state index in [0.717, 1.165) is 57.7 Å². The van der Waals surface area contributed by atoms with Crippen molar-refractivity contribution in [3.8, 4) is 0 Å². The fourth-order valence-corrected chi connectivity index (χ4v) is 4.47. The van der Waals surface area contributed by atoms with Crippen LogP contribution in [0, 0.1) is 0 Å². The van der Waals surface area contributed by atoms with Gasteiger partial charge in [-0.15, -0.1) is 12.4 Å². The topological polar surface area (TPSA) is 60.9 Å². The van der Waals surface area contributed by atoms with Gasteiger partial charge in [-0.2, -0.15) is 0 Å². The number of rotatable bonds is 9. The van der Waals surface area contributed by atoms with Gasteiger partial charge in [0.1, 0.15) is 0 Å². The van der Waals surface area contributed by atoms with Crippen LogP contribution in [-0.2, 0) is 9.84 Å². The van der Waals surface area contributed by atoms with Gasteiger partial charge < -0.3 is 10.0 Å². The van der Waals surface area contributed by atoms with Crippen LogP contribution in [0.5, 0.6) is 0 Å². The summed E-state index contributed by atoms with van der Waals surface area (Å²) in [4.78, 5) is 5.16. The van der Waals surface area contributed by atoms with Crippen molar-refractivity contribution < 1.29 is 13.5 Å². The molecule has 2 rings (SSSR count). The molecule has 1 N–H and O–H groups in total. The summed E-state index contributed by atoms with van der Waals surface area (Å²) in [5.41, 5.74) is 1.01. The highest BCUT2D eigenvalue weighted by Crippen LogP contribution is 2.22. The predicted octanol–water partition coefficient (Wildman–Crippen LogP) is 2.58. The van der Waals surface area contributed by atoms with Gasteiger partial charge in [0.15, 0.2) is 9.84 Å². The number of nitrogens with zero attached hydrogens (tertiary/aromatic N) is 2. The van der Waals surface area contributed by atoms with Gasteiger partial charge >= 0.3 is 0 Å². The maximum absolute atomic E-state index is 12.2. The number of benzene rings is 1. The number of unbranched alkanes of at least 4 members (excludes halogenated alkanes) is 2. The number of hydrogen-bond donors (Lipinski definition) is 1. The van der Waals surface area contributed by atoms with Crippen LogP contribution >= 0.6 is 12.4 Å². The first-order chi connectivity index (χ1) is 11.6. The van der Waals surface area contributed by atoms with Crippen molar-refractivity contribution in [1.82, 2.24) is 4.90 Å². The van der Waals surface area contributed by atoms with Crippen LogP contribution in [0.3, 0.4) is 0 Å². The smallest absolute Gasteiger partial charge is 0.178 e. The third kappa shape index (κ3) is 6.77. The highest BCUT2D eigenvalue weighted by molar-refractivity contribution is 7.91. The normalized spacial score (nSPS) is 15.8. The van der Waals surface area contributed by atoms with E-state index >= 15 is 0 Å². The zero-order valence-electron chi connectivity index (χ0n) is 15.1. The van der Waals surface area contributed by atoms with Gasteiger partial charge in [-0.1, -0.05) is 13.0 Å². The Morgan fingerprint density at radius 1 is 1.08 bits per heavy atom. The van der Waals surface area contributed by atoms with Crippen LogP contribution < -0.4 is 4.90 Å². The first kappa shape index (κ1) is 22.2. The predicted molar refractivity (Wildman–Crippen MR) is 106 cm³/mol. The van der Waals surface area contributed by atoms with E-state index in [0.29, 0.717) is 11.3 Å². The Bertz CT molecular complexity index is 602. The molecule has 7 heteroatoms. The van der Waals surface area contributed by atoms with Gasteiger partial charge in [0.2, 0.25) is 0 Å². The second-order valence-electron chi connectivity index (χ2n) is 6.43. The van der Waals surface area contributed by atoms with E-state index in [9.17, 15) is 8.42 Å². The monoisotopic (exact) mass is 390 g/mol. The fourth-order valence-electron chi connectivity index (χ4n) is 3.11. The molecule has 0 spiro atoms. The second-order valence-corrected chi connectivity index (χ2v) is 8.54. The number of anilines is 1. The molecule has 5 nitrogen and oxygen atoms in total. The summed E-state index contributed by atoms with van der Waals surface area (Å²) in [7, 11) is -3.16. The molecule has 1 aliphatic rings. The largest absolute Gasteiger partial charge is 0.396 e. The number of aliphatic hydroxyl groups excluding tert-OH is 1. The van der Waals surface area contributed by atoms with E-state index in [-0.39, 0.29) is 24.8 Å². The lowest BCUT2D eigenvalue weighted by Crippen LogP contribution is -2.46. The Morgan fingerprint density at radius 3 is 2.44 bits per heavy atom. The van der Waals surface area contributed by atoms with Gasteiger partial charge in [0.25, 0.3) is 0 Å². The minimum absolute atomic E-state index is 0. The van der Waals surface area contributed by atoms with Gasteiger partial charge in [0.05, 0.1) is 10.6 Å². The van der Waals surface area contributed by atoms with Crippen LogP contribution in [0.25, 0.3) is 0 Å². The molecule has 1 aromatic rings.